The predicted octanol–water partition coefficient (Wildman–Crippen LogP) is 3.86. The number of carbonyl (C=O) groups is 1. The summed E-state index contributed by atoms with van der Waals surface area (Å²) in [7, 11) is 0. The van der Waals surface area contributed by atoms with Crippen molar-refractivity contribution < 1.29 is 9.53 Å². The highest BCUT2D eigenvalue weighted by atomic mass is 16.5. The molecule has 0 radical (unpaired) electrons. The van der Waals surface area contributed by atoms with E-state index in [0.29, 0.717) is 11.3 Å². The monoisotopic (exact) mass is 262 g/mol. The van der Waals surface area contributed by atoms with Gasteiger partial charge in [0.25, 0.3) is 0 Å². The molecule has 0 N–H and O–H groups in total. The Kier molecular flexibility index (Phi) is 4.36. The molecule has 20 heavy (non-hydrogen) atoms. The number of hydrogen-bond acceptors (Lipinski definition) is 2. The number of ether oxygens (including phenoxy) is 1. The second-order valence-corrected chi connectivity index (χ2v) is 4.12. The molecule has 0 spiro atoms. The van der Waals surface area contributed by atoms with Gasteiger partial charge in [0.1, 0.15) is 5.75 Å². The largest absolute Gasteiger partial charge is 0.425 e. The van der Waals surface area contributed by atoms with Crippen molar-refractivity contribution in [2.45, 2.75) is 6.92 Å². The van der Waals surface area contributed by atoms with Crippen LogP contribution in [0.4, 0.5) is 0 Å². The highest BCUT2D eigenvalue weighted by molar-refractivity contribution is 5.91. The van der Waals surface area contributed by atoms with Crippen LogP contribution in [0.15, 0.2) is 61.2 Å². The summed E-state index contributed by atoms with van der Waals surface area (Å²) >= 11 is 0. The third kappa shape index (κ3) is 3.15. The van der Waals surface area contributed by atoms with Crippen molar-refractivity contribution in [2.24, 2.45) is 0 Å². The van der Waals surface area contributed by atoms with Gasteiger partial charge in [-0.05, 0) is 17.5 Å². The molecule has 0 unspecified atom stereocenters. The topological polar surface area (TPSA) is 26.3 Å². The molecule has 0 aromatic heterocycles. The Labute approximate surface area is 118 Å². The maximum Gasteiger partial charge on any atom is 0.308 e. The standard InChI is InChI=1S/C18H14O2/c1-3-4-5-6-11-17-16-10-8-7-9-15(16)12-13-18(17)20-14(2)19/h3-5,7-10,12-13H,1H2,2H3. The second kappa shape index (κ2) is 6.40. The third-order valence-corrected chi connectivity index (χ3v) is 2.66. The second-order valence-electron chi connectivity index (χ2n) is 4.12. The fourth-order valence-electron chi connectivity index (χ4n) is 1.85. The summed E-state index contributed by atoms with van der Waals surface area (Å²) < 4.78 is 5.22. The van der Waals surface area contributed by atoms with Crippen LogP contribution in [0.2, 0.25) is 0 Å². The summed E-state index contributed by atoms with van der Waals surface area (Å²) in [6.07, 6.45) is 5.11. The van der Waals surface area contributed by atoms with Gasteiger partial charge in [0.2, 0.25) is 0 Å². The normalized spacial score (nSPS) is 10.1. The van der Waals surface area contributed by atoms with Crippen LogP contribution in [0.5, 0.6) is 5.75 Å². The predicted molar refractivity (Wildman–Crippen MR) is 81.5 cm³/mol. The first-order chi connectivity index (χ1) is 9.72. The molecule has 0 aliphatic rings. The highest BCUT2D eigenvalue weighted by Crippen LogP contribution is 2.27. The van der Waals surface area contributed by atoms with Gasteiger partial charge in [-0.1, -0.05) is 60.9 Å². The zero-order valence-electron chi connectivity index (χ0n) is 11.2. The molecule has 0 bridgehead atoms. The van der Waals surface area contributed by atoms with Crippen molar-refractivity contribution in [3.8, 4) is 17.6 Å². The number of carbonyl (C=O) groups excluding carboxylic acids is 1. The lowest BCUT2D eigenvalue weighted by atomic mass is 10.0. The first-order valence-electron chi connectivity index (χ1n) is 6.21. The zero-order valence-corrected chi connectivity index (χ0v) is 11.2. The summed E-state index contributed by atoms with van der Waals surface area (Å²) in [6, 6.07) is 11.5. The molecule has 2 nitrogen and oxygen atoms in total. The van der Waals surface area contributed by atoms with Crippen LogP contribution in [0.3, 0.4) is 0 Å². The fraction of sp³-hybridized carbons (Fsp3) is 0.0556. The Hall–Kier alpha value is -2.79. The summed E-state index contributed by atoms with van der Waals surface area (Å²) in [5, 5.41) is 2.02. The Bertz CT molecular complexity index is 743. The molecule has 0 atom stereocenters. The first kappa shape index (κ1) is 13.6. The minimum Gasteiger partial charge on any atom is -0.425 e. The van der Waals surface area contributed by atoms with Crippen LogP contribution in [-0.4, -0.2) is 5.97 Å². The van der Waals surface area contributed by atoms with E-state index in [9.17, 15) is 4.79 Å². The lowest BCUT2D eigenvalue weighted by Crippen LogP contribution is -2.03. The van der Waals surface area contributed by atoms with E-state index in [1.807, 2.05) is 30.3 Å². The first-order valence-corrected chi connectivity index (χ1v) is 6.21. The summed E-state index contributed by atoms with van der Waals surface area (Å²) in [5.41, 5.74) is 0.715. The maximum atomic E-state index is 11.2. The van der Waals surface area contributed by atoms with E-state index in [1.165, 1.54) is 6.92 Å². The van der Waals surface area contributed by atoms with Crippen LogP contribution in [-0.2, 0) is 4.79 Å². The van der Waals surface area contributed by atoms with Gasteiger partial charge < -0.3 is 4.74 Å². The van der Waals surface area contributed by atoms with Gasteiger partial charge in [0.05, 0.1) is 5.56 Å². The van der Waals surface area contributed by atoms with Gasteiger partial charge in [-0.2, -0.15) is 0 Å². The van der Waals surface area contributed by atoms with E-state index in [0.717, 1.165) is 10.8 Å². The van der Waals surface area contributed by atoms with Crippen LogP contribution in [0.1, 0.15) is 12.5 Å². The molecule has 2 rings (SSSR count). The number of fused-ring (bicyclic) bond motifs is 1. The van der Waals surface area contributed by atoms with E-state index in [2.05, 4.69) is 18.4 Å². The molecule has 2 aromatic rings. The van der Waals surface area contributed by atoms with Crippen LogP contribution in [0.25, 0.3) is 10.8 Å². The van der Waals surface area contributed by atoms with E-state index >= 15 is 0 Å². The summed E-state index contributed by atoms with van der Waals surface area (Å²) in [5.74, 6) is 6.08. The van der Waals surface area contributed by atoms with E-state index < -0.39 is 0 Å². The molecular weight excluding hydrogens is 248 g/mol. The molecule has 0 aliphatic carbocycles. The van der Waals surface area contributed by atoms with Crippen LogP contribution >= 0.6 is 0 Å². The average Bonchev–Trinajstić information content (AvgIpc) is 2.44. The van der Waals surface area contributed by atoms with Crippen molar-refractivity contribution in [1.82, 2.24) is 0 Å². The van der Waals surface area contributed by atoms with Crippen LogP contribution < -0.4 is 4.74 Å². The van der Waals surface area contributed by atoms with E-state index in [4.69, 9.17) is 4.74 Å². The van der Waals surface area contributed by atoms with Crippen LogP contribution in [0, 0.1) is 11.8 Å². The number of benzene rings is 2. The smallest absolute Gasteiger partial charge is 0.308 e. The molecule has 0 amide bonds. The number of allylic oxidation sites excluding steroid dienone is 3. The third-order valence-electron chi connectivity index (χ3n) is 2.66. The molecule has 0 heterocycles. The molecule has 98 valence electrons. The molecule has 0 saturated carbocycles. The van der Waals surface area contributed by atoms with E-state index in [-0.39, 0.29) is 5.97 Å². The quantitative estimate of drug-likeness (QED) is 0.355. The van der Waals surface area contributed by atoms with Crippen molar-refractivity contribution in [2.75, 3.05) is 0 Å². The molecule has 0 saturated heterocycles. The van der Waals surface area contributed by atoms with Crippen molar-refractivity contribution in [1.29, 1.82) is 0 Å². The van der Waals surface area contributed by atoms with Gasteiger partial charge in [-0.25, -0.2) is 0 Å². The Balaban J connectivity index is 2.59. The minimum absolute atomic E-state index is 0.357. The molecule has 0 fully saturated rings. The lowest BCUT2D eigenvalue weighted by molar-refractivity contribution is -0.131. The van der Waals surface area contributed by atoms with Crippen molar-refractivity contribution >= 4 is 16.7 Å². The SMILES string of the molecule is C=CC=CC#Cc1c(OC(C)=O)ccc2ccccc12. The summed E-state index contributed by atoms with van der Waals surface area (Å²) in [4.78, 5) is 11.2. The van der Waals surface area contributed by atoms with Crippen molar-refractivity contribution in [3.63, 3.8) is 0 Å². The number of esters is 1. The molecule has 2 aromatic carbocycles. The Morgan fingerprint density at radius 3 is 2.80 bits per heavy atom. The fourth-order valence-corrected chi connectivity index (χ4v) is 1.85. The van der Waals surface area contributed by atoms with Gasteiger partial charge >= 0.3 is 5.97 Å². The number of hydrogen-bond donors (Lipinski definition) is 0. The Morgan fingerprint density at radius 2 is 2.05 bits per heavy atom. The highest BCUT2D eigenvalue weighted by Gasteiger charge is 2.08. The average molecular weight is 262 g/mol. The molecular formula is C18H14O2. The van der Waals surface area contributed by atoms with Gasteiger partial charge in [-0.15, -0.1) is 0 Å². The zero-order chi connectivity index (χ0) is 14.4. The minimum atomic E-state index is -0.357. The molecule has 0 aliphatic heterocycles. The Morgan fingerprint density at radius 1 is 1.25 bits per heavy atom. The van der Waals surface area contributed by atoms with Gasteiger partial charge in [-0.3, -0.25) is 4.79 Å². The van der Waals surface area contributed by atoms with Gasteiger partial charge in [0.15, 0.2) is 0 Å². The number of rotatable bonds is 2. The van der Waals surface area contributed by atoms with E-state index in [1.54, 1.807) is 24.3 Å². The van der Waals surface area contributed by atoms with Gasteiger partial charge in [0, 0.05) is 12.3 Å². The van der Waals surface area contributed by atoms with Crippen molar-refractivity contribution in [3.05, 3.63) is 66.8 Å². The molecule has 2 heteroatoms. The maximum absolute atomic E-state index is 11.2. The summed E-state index contributed by atoms with van der Waals surface area (Å²) in [6.45, 7) is 4.97. The lowest BCUT2D eigenvalue weighted by Gasteiger charge is -2.07.